The predicted octanol–water partition coefficient (Wildman–Crippen LogP) is 2.07. The highest BCUT2D eigenvalue weighted by molar-refractivity contribution is 5.96. The number of carbonyl (C=O) groups is 2. The number of hydrogen-bond acceptors (Lipinski definition) is 2. The lowest BCUT2D eigenvalue weighted by atomic mass is 10.1. The summed E-state index contributed by atoms with van der Waals surface area (Å²) in [5, 5.41) is 8.89. The molecule has 0 saturated carbocycles. The van der Waals surface area contributed by atoms with Gasteiger partial charge in [-0.15, -0.1) is 0 Å². The SMILES string of the molecule is CCCC(=O)N1CCc2cc(C(=O)O)ccc21. The Kier molecular flexibility index (Phi) is 3.13. The van der Waals surface area contributed by atoms with E-state index in [4.69, 9.17) is 5.11 Å². The Bertz CT molecular complexity index is 468. The smallest absolute Gasteiger partial charge is 0.335 e. The van der Waals surface area contributed by atoms with Crippen LogP contribution in [0, 0.1) is 0 Å². The zero-order chi connectivity index (χ0) is 12.4. The number of nitrogens with zero attached hydrogens (tertiary/aromatic N) is 1. The van der Waals surface area contributed by atoms with Gasteiger partial charge in [-0.1, -0.05) is 6.92 Å². The van der Waals surface area contributed by atoms with E-state index in [0.717, 1.165) is 24.1 Å². The molecule has 1 N–H and O–H groups in total. The number of benzene rings is 1. The molecule has 1 amide bonds. The zero-order valence-corrected chi connectivity index (χ0v) is 9.77. The minimum absolute atomic E-state index is 0.120. The fourth-order valence-electron chi connectivity index (χ4n) is 2.14. The van der Waals surface area contributed by atoms with Crippen molar-refractivity contribution in [2.45, 2.75) is 26.2 Å². The van der Waals surface area contributed by atoms with Crippen molar-refractivity contribution >= 4 is 17.6 Å². The zero-order valence-electron chi connectivity index (χ0n) is 9.77. The number of carboxylic acids is 1. The Morgan fingerprint density at radius 2 is 2.18 bits per heavy atom. The van der Waals surface area contributed by atoms with Gasteiger partial charge in [-0.25, -0.2) is 4.79 Å². The second-order valence-corrected chi connectivity index (χ2v) is 4.19. The number of amides is 1. The third-order valence-corrected chi connectivity index (χ3v) is 2.99. The Morgan fingerprint density at radius 1 is 1.41 bits per heavy atom. The molecule has 1 aliphatic heterocycles. The van der Waals surface area contributed by atoms with E-state index in [1.807, 2.05) is 6.92 Å². The van der Waals surface area contributed by atoms with Crippen LogP contribution in [0.4, 0.5) is 5.69 Å². The lowest BCUT2D eigenvalue weighted by molar-refractivity contribution is -0.118. The molecule has 4 nitrogen and oxygen atoms in total. The summed E-state index contributed by atoms with van der Waals surface area (Å²) >= 11 is 0. The summed E-state index contributed by atoms with van der Waals surface area (Å²) < 4.78 is 0. The van der Waals surface area contributed by atoms with Gasteiger partial charge in [0.05, 0.1) is 5.56 Å². The average molecular weight is 233 g/mol. The fourth-order valence-corrected chi connectivity index (χ4v) is 2.14. The van der Waals surface area contributed by atoms with E-state index in [1.54, 1.807) is 23.1 Å². The van der Waals surface area contributed by atoms with Crippen LogP contribution in [0.5, 0.6) is 0 Å². The number of aromatic carboxylic acids is 1. The molecule has 0 spiro atoms. The van der Waals surface area contributed by atoms with Crippen LogP contribution in [0.3, 0.4) is 0 Å². The second-order valence-electron chi connectivity index (χ2n) is 4.19. The van der Waals surface area contributed by atoms with Crippen molar-refractivity contribution in [1.82, 2.24) is 0 Å². The molecule has 0 bridgehead atoms. The van der Waals surface area contributed by atoms with Gasteiger partial charge in [0, 0.05) is 18.7 Å². The van der Waals surface area contributed by atoms with Gasteiger partial charge in [0.25, 0.3) is 0 Å². The van der Waals surface area contributed by atoms with Crippen LogP contribution >= 0.6 is 0 Å². The molecular formula is C13H15NO3. The number of carboxylic acid groups (broad SMARTS) is 1. The van der Waals surface area contributed by atoms with Crippen LogP contribution in [0.1, 0.15) is 35.7 Å². The van der Waals surface area contributed by atoms with Crippen molar-refractivity contribution in [1.29, 1.82) is 0 Å². The summed E-state index contributed by atoms with van der Waals surface area (Å²) in [6, 6.07) is 4.95. The Labute approximate surface area is 99.9 Å². The van der Waals surface area contributed by atoms with E-state index in [2.05, 4.69) is 0 Å². The van der Waals surface area contributed by atoms with E-state index < -0.39 is 5.97 Å². The lowest BCUT2D eigenvalue weighted by Crippen LogP contribution is -2.28. The first-order valence-corrected chi connectivity index (χ1v) is 5.80. The quantitative estimate of drug-likeness (QED) is 0.869. The molecule has 2 rings (SSSR count). The number of rotatable bonds is 3. The number of fused-ring (bicyclic) bond motifs is 1. The van der Waals surface area contributed by atoms with Gasteiger partial charge in [0.1, 0.15) is 0 Å². The van der Waals surface area contributed by atoms with Gasteiger partial charge in [-0.3, -0.25) is 4.79 Å². The standard InChI is InChI=1S/C13H15NO3/c1-2-3-12(15)14-7-6-9-8-10(13(16)17)4-5-11(9)14/h4-5,8H,2-3,6-7H2,1H3,(H,16,17). The second kappa shape index (κ2) is 4.57. The molecule has 0 aromatic heterocycles. The first-order chi connectivity index (χ1) is 8.13. The fraction of sp³-hybridized carbons (Fsp3) is 0.385. The molecule has 1 aromatic rings. The van der Waals surface area contributed by atoms with E-state index in [-0.39, 0.29) is 11.5 Å². The van der Waals surface area contributed by atoms with E-state index in [9.17, 15) is 9.59 Å². The molecular weight excluding hydrogens is 218 g/mol. The van der Waals surface area contributed by atoms with Crippen molar-refractivity contribution in [3.05, 3.63) is 29.3 Å². The van der Waals surface area contributed by atoms with E-state index in [0.29, 0.717) is 13.0 Å². The van der Waals surface area contributed by atoms with Crippen LogP contribution in [0.15, 0.2) is 18.2 Å². The Balaban J connectivity index is 2.27. The molecule has 0 radical (unpaired) electrons. The highest BCUT2D eigenvalue weighted by atomic mass is 16.4. The molecule has 0 atom stereocenters. The van der Waals surface area contributed by atoms with Crippen molar-refractivity contribution < 1.29 is 14.7 Å². The van der Waals surface area contributed by atoms with Crippen LogP contribution in [0.2, 0.25) is 0 Å². The summed E-state index contributed by atoms with van der Waals surface area (Å²) in [6.07, 6.45) is 2.11. The topological polar surface area (TPSA) is 57.6 Å². The molecule has 0 aliphatic carbocycles. The summed E-state index contributed by atoms with van der Waals surface area (Å²) in [5.74, 6) is -0.805. The van der Waals surface area contributed by atoms with Crippen molar-refractivity contribution in [2.24, 2.45) is 0 Å². The van der Waals surface area contributed by atoms with Gasteiger partial charge in [-0.2, -0.15) is 0 Å². The van der Waals surface area contributed by atoms with E-state index in [1.165, 1.54) is 0 Å². The Morgan fingerprint density at radius 3 is 2.82 bits per heavy atom. The molecule has 0 fully saturated rings. The first kappa shape index (κ1) is 11.6. The maximum atomic E-state index is 11.8. The normalized spacial score (nSPS) is 13.6. The van der Waals surface area contributed by atoms with Crippen LogP contribution in [0.25, 0.3) is 0 Å². The maximum absolute atomic E-state index is 11.8. The van der Waals surface area contributed by atoms with Crippen molar-refractivity contribution in [3.63, 3.8) is 0 Å². The highest BCUT2D eigenvalue weighted by Crippen LogP contribution is 2.29. The molecule has 17 heavy (non-hydrogen) atoms. The third-order valence-electron chi connectivity index (χ3n) is 2.99. The molecule has 1 aliphatic rings. The minimum Gasteiger partial charge on any atom is -0.478 e. The van der Waals surface area contributed by atoms with E-state index >= 15 is 0 Å². The number of hydrogen-bond donors (Lipinski definition) is 1. The summed E-state index contributed by atoms with van der Waals surface area (Å²) in [6.45, 7) is 2.64. The van der Waals surface area contributed by atoms with Crippen LogP contribution < -0.4 is 4.90 Å². The summed E-state index contributed by atoms with van der Waals surface area (Å²) in [4.78, 5) is 24.4. The summed E-state index contributed by atoms with van der Waals surface area (Å²) in [5.41, 5.74) is 2.11. The van der Waals surface area contributed by atoms with Crippen molar-refractivity contribution in [3.8, 4) is 0 Å². The molecule has 1 heterocycles. The highest BCUT2D eigenvalue weighted by Gasteiger charge is 2.24. The summed E-state index contributed by atoms with van der Waals surface area (Å²) in [7, 11) is 0. The third kappa shape index (κ3) is 2.16. The number of carbonyl (C=O) groups excluding carboxylic acids is 1. The first-order valence-electron chi connectivity index (χ1n) is 5.80. The number of anilines is 1. The molecule has 1 aromatic carbocycles. The van der Waals surface area contributed by atoms with Gasteiger partial charge in [-0.05, 0) is 36.6 Å². The van der Waals surface area contributed by atoms with Gasteiger partial charge in [0.15, 0.2) is 0 Å². The van der Waals surface area contributed by atoms with Gasteiger partial charge < -0.3 is 10.0 Å². The molecule has 4 heteroatoms. The molecule has 0 unspecified atom stereocenters. The minimum atomic E-state index is -0.925. The van der Waals surface area contributed by atoms with Crippen LogP contribution in [-0.4, -0.2) is 23.5 Å². The maximum Gasteiger partial charge on any atom is 0.335 e. The lowest BCUT2D eigenvalue weighted by Gasteiger charge is -2.16. The monoisotopic (exact) mass is 233 g/mol. The van der Waals surface area contributed by atoms with Gasteiger partial charge >= 0.3 is 5.97 Å². The molecule has 90 valence electrons. The molecule has 0 saturated heterocycles. The Hall–Kier alpha value is -1.84. The predicted molar refractivity (Wildman–Crippen MR) is 64.4 cm³/mol. The average Bonchev–Trinajstić information content (AvgIpc) is 2.71. The van der Waals surface area contributed by atoms with Crippen LogP contribution in [-0.2, 0) is 11.2 Å². The van der Waals surface area contributed by atoms with Crippen molar-refractivity contribution in [2.75, 3.05) is 11.4 Å². The largest absolute Gasteiger partial charge is 0.478 e. The van der Waals surface area contributed by atoms with Gasteiger partial charge in [0.2, 0.25) is 5.91 Å².